The summed E-state index contributed by atoms with van der Waals surface area (Å²) in [7, 11) is 1.49. The number of methoxy groups -OCH3 is 1. The maximum atomic E-state index is 12.6. The number of aromatic hydroxyl groups is 1. The first kappa shape index (κ1) is 27.1. The van der Waals surface area contributed by atoms with Crippen molar-refractivity contribution in [3.8, 4) is 11.5 Å². The van der Waals surface area contributed by atoms with Gasteiger partial charge < -0.3 is 19.7 Å². The molecule has 0 radical (unpaired) electrons. The van der Waals surface area contributed by atoms with Gasteiger partial charge in [-0.15, -0.1) is 0 Å². The monoisotopic (exact) mass is 482 g/mol. The van der Waals surface area contributed by atoms with Crippen molar-refractivity contribution < 1.29 is 24.5 Å². The number of aliphatic hydroxyl groups is 1. The molecule has 3 rings (SSSR count). The molecule has 0 amide bonds. The van der Waals surface area contributed by atoms with E-state index >= 15 is 0 Å². The van der Waals surface area contributed by atoms with Crippen LogP contribution in [0.2, 0.25) is 0 Å². The number of phenolic OH excluding ortho intramolecular Hbond substituents is 1. The van der Waals surface area contributed by atoms with E-state index in [4.69, 9.17) is 9.47 Å². The quantitative estimate of drug-likeness (QED) is 0.240. The zero-order chi connectivity index (χ0) is 25.9. The van der Waals surface area contributed by atoms with Gasteiger partial charge in [-0.3, -0.25) is 0 Å². The van der Waals surface area contributed by atoms with Crippen molar-refractivity contribution in [2.45, 2.75) is 71.3 Å². The van der Waals surface area contributed by atoms with Gasteiger partial charge in [0.15, 0.2) is 11.5 Å². The lowest BCUT2D eigenvalue weighted by atomic mass is 9.45. The first-order valence-corrected chi connectivity index (χ1v) is 12.7. The van der Waals surface area contributed by atoms with Gasteiger partial charge in [0, 0.05) is 11.5 Å². The van der Waals surface area contributed by atoms with E-state index in [-0.39, 0.29) is 28.5 Å². The van der Waals surface area contributed by atoms with E-state index in [1.807, 2.05) is 13.0 Å². The average Bonchev–Trinajstić information content (AvgIpc) is 2.81. The summed E-state index contributed by atoms with van der Waals surface area (Å²) in [5, 5.41) is 21.1. The van der Waals surface area contributed by atoms with Crippen molar-refractivity contribution in [3.63, 3.8) is 0 Å². The van der Waals surface area contributed by atoms with Crippen LogP contribution in [0, 0.1) is 22.7 Å². The molecule has 2 N–H and O–H groups in total. The van der Waals surface area contributed by atoms with Gasteiger partial charge >= 0.3 is 5.97 Å². The zero-order valence-electron chi connectivity index (χ0n) is 21.8. The normalized spacial score (nSPS) is 32.6. The summed E-state index contributed by atoms with van der Waals surface area (Å²) in [5.41, 5.74) is 0.877. The molecule has 5 heteroatoms. The molecule has 0 aliphatic heterocycles. The van der Waals surface area contributed by atoms with Crippen LogP contribution in [0.3, 0.4) is 0 Å². The Morgan fingerprint density at radius 3 is 2.66 bits per heavy atom. The van der Waals surface area contributed by atoms with Gasteiger partial charge in [-0.25, -0.2) is 4.79 Å². The molecule has 0 heterocycles. The Hall–Kier alpha value is -2.53. The highest BCUT2D eigenvalue weighted by atomic mass is 16.5. The smallest absolute Gasteiger partial charge is 0.330 e. The number of allylic oxidation sites excluding steroid dienone is 2. The highest BCUT2D eigenvalue weighted by Crippen LogP contribution is 2.63. The molecule has 0 bridgehead atoms. The predicted octanol–water partition coefficient (Wildman–Crippen LogP) is 6.45. The largest absolute Gasteiger partial charge is 0.504 e. The minimum Gasteiger partial charge on any atom is -0.504 e. The molecule has 2 aliphatic rings. The van der Waals surface area contributed by atoms with E-state index in [9.17, 15) is 15.0 Å². The third-order valence-corrected chi connectivity index (χ3v) is 8.79. The average molecular weight is 483 g/mol. The molecular formula is C30H42O5. The van der Waals surface area contributed by atoms with E-state index in [0.717, 1.165) is 56.1 Å². The van der Waals surface area contributed by atoms with Crippen LogP contribution in [0.1, 0.15) is 71.3 Å². The van der Waals surface area contributed by atoms with E-state index in [1.165, 1.54) is 19.3 Å². The standard InChI is InChI=1S/C30H42O5/c1-7-21(2)9-13-26-29(4)17-8-16-28(3,25(29)15-18-30(26,5)33)20-35-27(32)14-11-22-10-12-23(31)24(19-22)34-6/h7,10-12,14,19,25-26,31,33H,1-2,8-9,13,15-18,20H2,3-6H3/b14-11-/t25-,26+,28+,29-,30+/m0/s1. The second-order valence-electron chi connectivity index (χ2n) is 11.3. The molecule has 1 aromatic rings. The number of benzene rings is 1. The Bertz CT molecular complexity index is 977. The number of carbonyl (C=O) groups excluding carboxylic acids is 1. The summed E-state index contributed by atoms with van der Waals surface area (Å²) in [6.07, 6.45) is 11.4. The van der Waals surface area contributed by atoms with Crippen LogP contribution in [0.25, 0.3) is 6.08 Å². The van der Waals surface area contributed by atoms with Gasteiger partial charge in [-0.05, 0) is 86.5 Å². The summed E-state index contributed by atoms with van der Waals surface area (Å²) in [6, 6.07) is 4.92. The van der Waals surface area contributed by atoms with Gasteiger partial charge in [-0.1, -0.05) is 51.1 Å². The number of esters is 1. The minimum absolute atomic E-state index is 0.0267. The number of carbonyl (C=O) groups is 1. The van der Waals surface area contributed by atoms with Crippen molar-refractivity contribution in [1.82, 2.24) is 0 Å². The number of phenols is 1. The molecule has 5 nitrogen and oxygen atoms in total. The van der Waals surface area contributed by atoms with Crippen LogP contribution in [0.5, 0.6) is 11.5 Å². The molecule has 0 saturated heterocycles. The van der Waals surface area contributed by atoms with Gasteiger partial charge in [0.25, 0.3) is 0 Å². The third kappa shape index (κ3) is 5.83. The molecule has 192 valence electrons. The van der Waals surface area contributed by atoms with Gasteiger partial charge in [0.2, 0.25) is 0 Å². The lowest BCUT2D eigenvalue weighted by Gasteiger charge is -2.61. The van der Waals surface area contributed by atoms with Crippen molar-refractivity contribution >= 4 is 12.0 Å². The second-order valence-corrected chi connectivity index (χ2v) is 11.3. The Balaban J connectivity index is 1.71. The Morgan fingerprint density at radius 2 is 1.97 bits per heavy atom. The summed E-state index contributed by atoms with van der Waals surface area (Å²) in [4.78, 5) is 12.6. The lowest BCUT2D eigenvalue weighted by Crippen LogP contribution is -2.59. The predicted molar refractivity (Wildman–Crippen MR) is 140 cm³/mol. The summed E-state index contributed by atoms with van der Waals surface area (Å²) in [6.45, 7) is 14.9. The SMILES string of the molecule is C=CC(=C)CC[C@@H]1[C@@]2(C)CCC[C@](C)(COC(=O)/C=C\c3ccc(O)c(OC)c3)[C@@H]2CC[C@@]1(C)O. The van der Waals surface area contributed by atoms with Crippen LogP contribution in [-0.2, 0) is 9.53 Å². The van der Waals surface area contributed by atoms with E-state index in [1.54, 1.807) is 18.2 Å². The highest BCUT2D eigenvalue weighted by molar-refractivity contribution is 5.87. The topological polar surface area (TPSA) is 76.0 Å². The fourth-order valence-electron chi connectivity index (χ4n) is 6.93. The van der Waals surface area contributed by atoms with Gasteiger partial charge in [0.1, 0.15) is 0 Å². The molecule has 2 fully saturated rings. The fourth-order valence-corrected chi connectivity index (χ4v) is 6.93. The Morgan fingerprint density at radius 1 is 1.23 bits per heavy atom. The van der Waals surface area contributed by atoms with Crippen LogP contribution in [-0.4, -0.2) is 35.5 Å². The number of ether oxygens (including phenoxy) is 2. The zero-order valence-corrected chi connectivity index (χ0v) is 21.8. The molecule has 0 spiro atoms. The molecule has 35 heavy (non-hydrogen) atoms. The van der Waals surface area contributed by atoms with E-state index in [0.29, 0.717) is 18.3 Å². The van der Waals surface area contributed by atoms with Gasteiger partial charge in [-0.2, -0.15) is 0 Å². The lowest BCUT2D eigenvalue weighted by molar-refractivity contribution is -0.185. The number of hydrogen-bond acceptors (Lipinski definition) is 5. The first-order chi connectivity index (χ1) is 16.4. The van der Waals surface area contributed by atoms with Crippen LogP contribution < -0.4 is 4.74 Å². The summed E-state index contributed by atoms with van der Waals surface area (Å²) < 4.78 is 10.9. The van der Waals surface area contributed by atoms with Crippen molar-refractivity contribution in [2.24, 2.45) is 22.7 Å². The van der Waals surface area contributed by atoms with Crippen molar-refractivity contribution in [3.05, 3.63) is 54.6 Å². The second kappa shape index (κ2) is 10.6. The molecule has 5 atom stereocenters. The maximum Gasteiger partial charge on any atom is 0.330 e. The molecule has 0 aromatic heterocycles. The van der Waals surface area contributed by atoms with Gasteiger partial charge in [0.05, 0.1) is 19.3 Å². The highest BCUT2D eigenvalue weighted by Gasteiger charge is 2.59. The first-order valence-electron chi connectivity index (χ1n) is 12.7. The molecule has 2 saturated carbocycles. The maximum absolute atomic E-state index is 12.6. The molecular weight excluding hydrogens is 440 g/mol. The Labute approximate surface area is 210 Å². The molecule has 1 aromatic carbocycles. The van der Waals surface area contributed by atoms with E-state index in [2.05, 4.69) is 27.0 Å². The number of hydrogen-bond donors (Lipinski definition) is 2. The van der Waals surface area contributed by atoms with Crippen LogP contribution in [0.15, 0.2) is 49.1 Å². The minimum atomic E-state index is -0.713. The van der Waals surface area contributed by atoms with Crippen molar-refractivity contribution in [2.75, 3.05) is 13.7 Å². The van der Waals surface area contributed by atoms with Crippen LogP contribution >= 0.6 is 0 Å². The molecule has 2 aliphatic carbocycles. The molecule has 0 unspecified atom stereocenters. The van der Waals surface area contributed by atoms with Crippen molar-refractivity contribution in [1.29, 1.82) is 0 Å². The van der Waals surface area contributed by atoms with E-state index < -0.39 is 5.60 Å². The number of rotatable bonds is 9. The Kier molecular flexibility index (Phi) is 8.21. The summed E-state index contributed by atoms with van der Waals surface area (Å²) >= 11 is 0. The number of fused-ring (bicyclic) bond motifs is 1. The fraction of sp³-hybridized carbons (Fsp3) is 0.567. The third-order valence-electron chi connectivity index (χ3n) is 8.79. The van der Waals surface area contributed by atoms with Crippen LogP contribution in [0.4, 0.5) is 0 Å². The summed E-state index contributed by atoms with van der Waals surface area (Å²) in [5.74, 6) is 0.550.